The van der Waals surface area contributed by atoms with E-state index in [0.29, 0.717) is 6.10 Å². The van der Waals surface area contributed by atoms with Crippen LogP contribution in [-0.2, 0) is 4.74 Å². The van der Waals surface area contributed by atoms with Gasteiger partial charge in [0.05, 0.1) is 6.92 Å². The Bertz CT molecular complexity index is 194. The molecule has 0 bridgehead atoms. The second-order valence-electron chi connectivity index (χ2n) is 4.02. The SMILES string of the molecule is CC1=[N+](C)C(C)(C)C[C@@H](C)O1. The van der Waals surface area contributed by atoms with E-state index in [9.17, 15) is 0 Å². The second-order valence-corrected chi connectivity index (χ2v) is 4.02. The Labute approximate surface area is 68.9 Å². The molecule has 0 saturated heterocycles. The van der Waals surface area contributed by atoms with Gasteiger partial charge in [-0.05, 0) is 6.92 Å². The van der Waals surface area contributed by atoms with Crippen molar-refractivity contribution in [3.63, 3.8) is 0 Å². The number of nitrogens with zero attached hydrogens (tertiary/aromatic N) is 1. The molecule has 0 aliphatic carbocycles. The first kappa shape index (κ1) is 8.57. The summed E-state index contributed by atoms with van der Waals surface area (Å²) in [5.74, 6) is 1.04. The van der Waals surface area contributed by atoms with Crippen molar-refractivity contribution >= 4 is 5.90 Å². The number of hydrogen-bond donors (Lipinski definition) is 0. The highest BCUT2D eigenvalue weighted by atomic mass is 16.5. The average Bonchev–Trinajstić information content (AvgIpc) is 1.81. The first-order valence-electron chi connectivity index (χ1n) is 4.17. The summed E-state index contributed by atoms with van der Waals surface area (Å²) in [4.78, 5) is 0. The lowest BCUT2D eigenvalue weighted by atomic mass is 9.95. The quantitative estimate of drug-likeness (QED) is 0.486. The van der Waals surface area contributed by atoms with Crippen molar-refractivity contribution in [3.8, 4) is 0 Å². The van der Waals surface area contributed by atoms with E-state index >= 15 is 0 Å². The highest BCUT2D eigenvalue weighted by molar-refractivity contribution is 5.68. The Morgan fingerprint density at radius 3 is 2.55 bits per heavy atom. The monoisotopic (exact) mass is 156 g/mol. The molecule has 0 aromatic heterocycles. The third-order valence-electron chi connectivity index (χ3n) is 2.54. The van der Waals surface area contributed by atoms with Crippen molar-refractivity contribution in [2.75, 3.05) is 7.05 Å². The Morgan fingerprint density at radius 2 is 2.09 bits per heavy atom. The summed E-state index contributed by atoms with van der Waals surface area (Å²) in [6, 6.07) is 0. The van der Waals surface area contributed by atoms with Crippen LogP contribution in [0, 0.1) is 0 Å². The van der Waals surface area contributed by atoms with E-state index in [1.54, 1.807) is 0 Å². The van der Waals surface area contributed by atoms with Crippen LogP contribution in [0.5, 0.6) is 0 Å². The summed E-state index contributed by atoms with van der Waals surface area (Å²) in [7, 11) is 2.08. The third-order valence-corrected chi connectivity index (χ3v) is 2.54. The van der Waals surface area contributed by atoms with Crippen LogP contribution in [0.25, 0.3) is 0 Å². The largest absolute Gasteiger partial charge is 0.445 e. The van der Waals surface area contributed by atoms with E-state index in [-0.39, 0.29) is 5.54 Å². The van der Waals surface area contributed by atoms with E-state index in [2.05, 4.69) is 32.4 Å². The highest BCUT2D eigenvalue weighted by Gasteiger charge is 2.37. The van der Waals surface area contributed by atoms with Crippen LogP contribution < -0.4 is 0 Å². The fraction of sp³-hybridized carbons (Fsp3) is 0.889. The van der Waals surface area contributed by atoms with Gasteiger partial charge >= 0.3 is 5.90 Å². The summed E-state index contributed by atoms with van der Waals surface area (Å²) < 4.78 is 7.78. The van der Waals surface area contributed by atoms with Crippen molar-refractivity contribution in [1.82, 2.24) is 0 Å². The normalized spacial score (nSPS) is 30.1. The molecule has 0 amide bonds. The lowest BCUT2D eigenvalue weighted by molar-refractivity contribution is -0.594. The van der Waals surface area contributed by atoms with Crippen LogP contribution in [-0.4, -0.2) is 29.2 Å². The van der Waals surface area contributed by atoms with Crippen LogP contribution >= 0.6 is 0 Å². The first-order chi connectivity index (χ1) is 4.93. The molecule has 0 aromatic rings. The smallest absolute Gasteiger partial charge is 0.333 e. The summed E-state index contributed by atoms with van der Waals surface area (Å²) in [5, 5.41) is 0. The van der Waals surface area contributed by atoms with Gasteiger partial charge in [-0.3, -0.25) is 0 Å². The van der Waals surface area contributed by atoms with Crippen LogP contribution in [0.3, 0.4) is 0 Å². The Morgan fingerprint density at radius 1 is 1.55 bits per heavy atom. The van der Waals surface area contributed by atoms with Gasteiger partial charge in [0.25, 0.3) is 0 Å². The molecule has 0 fully saturated rings. The fourth-order valence-corrected chi connectivity index (χ4v) is 1.68. The molecule has 11 heavy (non-hydrogen) atoms. The summed E-state index contributed by atoms with van der Waals surface area (Å²) >= 11 is 0. The molecule has 2 nitrogen and oxygen atoms in total. The van der Waals surface area contributed by atoms with E-state index in [1.165, 1.54) is 0 Å². The van der Waals surface area contributed by atoms with Crippen LogP contribution in [0.1, 0.15) is 34.1 Å². The predicted molar refractivity (Wildman–Crippen MR) is 46.1 cm³/mol. The average molecular weight is 156 g/mol. The molecule has 0 saturated carbocycles. The van der Waals surface area contributed by atoms with Gasteiger partial charge in [-0.1, -0.05) is 0 Å². The number of hydrogen-bond acceptors (Lipinski definition) is 1. The van der Waals surface area contributed by atoms with Gasteiger partial charge in [0.1, 0.15) is 13.2 Å². The van der Waals surface area contributed by atoms with Gasteiger partial charge in [0, 0.05) is 20.3 Å². The zero-order valence-electron chi connectivity index (χ0n) is 8.14. The summed E-state index contributed by atoms with van der Waals surface area (Å²) in [6.07, 6.45) is 1.46. The van der Waals surface area contributed by atoms with Gasteiger partial charge in [-0.15, -0.1) is 0 Å². The van der Waals surface area contributed by atoms with Gasteiger partial charge in [0.15, 0.2) is 5.54 Å². The Balaban J connectivity index is 2.93. The Hall–Kier alpha value is -0.530. The maximum atomic E-state index is 5.58. The molecule has 2 heteroatoms. The lowest BCUT2D eigenvalue weighted by Crippen LogP contribution is -2.46. The molecule has 0 N–H and O–H groups in total. The van der Waals surface area contributed by atoms with E-state index in [0.717, 1.165) is 12.3 Å². The number of rotatable bonds is 0. The minimum absolute atomic E-state index is 0.252. The molecular formula is C9H18NO+. The van der Waals surface area contributed by atoms with Gasteiger partial charge in [-0.25, -0.2) is 4.58 Å². The van der Waals surface area contributed by atoms with Crippen molar-refractivity contribution in [1.29, 1.82) is 0 Å². The highest BCUT2D eigenvalue weighted by Crippen LogP contribution is 2.21. The maximum absolute atomic E-state index is 5.58. The molecule has 0 radical (unpaired) electrons. The molecule has 64 valence electrons. The molecule has 0 aromatic carbocycles. The minimum Gasteiger partial charge on any atom is -0.445 e. The molecule has 1 aliphatic heterocycles. The standard InChI is InChI=1S/C9H18NO/c1-7-6-9(3,4)10(5)8(2)11-7/h7H,6H2,1-5H3/q+1/t7-/m1/s1. The minimum atomic E-state index is 0.252. The number of ether oxygens (including phenoxy) is 1. The van der Waals surface area contributed by atoms with Crippen molar-refractivity contribution in [3.05, 3.63) is 0 Å². The lowest BCUT2D eigenvalue weighted by Gasteiger charge is -2.30. The Kier molecular flexibility index (Phi) is 1.95. The molecule has 1 rings (SSSR count). The molecule has 0 spiro atoms. The maximum Gasteiger partial charge on any atom is 0.333 e. The molecule has 1 heterocycles. The van der Waals surface area contributed by atoms with Crippen molar-refractivity contribution < 1.29 is 9.31 Å². The first-order valence-corrected chi connectivity index (χ1v) is 4.17. The third kappa shape index (κ3) is 1.55. The summed E-state index contributed by atoms with van der Waals surface area (Å²) in [5.41, 5.74) is 0.252. The van der Waals surface area contributed by atoms with Crippen molar-refractivity contribution in [2.45, 2.75) is 45.8 Å². The topological polar surface area (TPSA) is 12.2 Å². The van der Waals surface area contributed by atoms with Crippen molar-refractivity contribution in [2.24, 2.45) is 0 Å². The van der Waals surface area contributed by atoms with Crippen LogP contribution in [0.15, 0.2) is 0 Å². The van der Waals surface area contributed by atoms with Gasteiger partial charge in [0.2, 0.25) is 0 Å². The van der Waals surface area contributed by atoms with Gasteiger partial charge < -0.3 is 4.74 Å². The second kappa shape index (κ2) is 2.50. The zero-order valence-corrected chi connectivity index (χ0v) is 8.14. The molecule has 0 unspecified atom stereocenters. The van der Waals surface area contributed by atoms with E-state index < -0.39 is 0 Å². The predicted octanol–water partition coefficient (Wildman–Crippen LogP) is 1.63. The van der Waals surface area contributed by atoms with E-state index in [4.69, 9.17) is 4.74 Å². The van der Waals surface area contributed by atoms with Crippen LogP contribution in [0.4, 0.5) is 0 Å². The fourth-order valence-electron chi connectivity index (χ4n) is 1.68. The zero-order chi connectivity index (χ0) is 8.65. The van der Waals surface area contributed by atoms with Crippen LogP contribution in [0.2, 0.25) is 0 Å². The molecule has 1 atom stereocenters. The van der Waals surface area contributed by atoms with E-state index in [1.807, 2.05) is 6.92 Å². The van der Waals surface area contributed by atoms with Gasteiger partial charge in [-0.2, -0.15) is 0 Å². The summed E-state index contributed by atoms with van der Waals surface area (Å²) in [6.45, 7) is 8.64. The molecular weight excluding hydrogens is 138 g/mol. The molecule has 1 aliphatic rings.